The monoisotopic (exact) mass is 290 g/mol. The summed E-state index contributed by atoms with van der Waals surface area (Å²) in [4.78, 5) is 4.13. The number of guanidine groups is 1. The van der Waals surface area contributed by atoms with E-state index >= 15 is 0 Å². The molecule has 0 amide bonds. The van der Waals surface area contributed by atoms with Crippen LogP contribution < -0.4 is 15.4 Å². The second-order valence-corrected chi connectivity index (χ2v) is 6.86. The molecule has 19 heavy (non-hydrogen) atoms. The number of hydrogen-bond donors (Lipinski definition) is 3. The van der Waals surface area contributed by atoms with Crippen molar-refractivity contribution in [2.75, 3.05) is 26.4 Å². The van der Waals surface area contributed by atoms with Gasteiger partial charge in [0.05, 0.1) is 24.5 Å². The van der Waals surface area contributed by atoms with Gasteiger partial charge in [0.25, 0.3) is 0 Å². The van der Waals surface area contributed by atoms with E-state index in [9.17, 15) is 8.42 Å². The van der Waals surface area contributed by atoms with Crippen LogP contribution in [0.3, 0.4) is 0 Å². The first-order valence-corrected chi connectivity index (χ1v) is 8.44. The lowest BCUT2D eigenvalue weighted by atomic mass is 9.96. The first kappa shape index (κ1) is 14.5. The van der Waals surface area contributed by atoms with E-state index < -0.39 is 10.0 Å². The molecule has 8 heteroatoms. The highest BCUT2D eigenvalue weighted by Gasteiger charge is 2.40. The van der Waals surface area contributed by atoms with Crippen LogP contribution in [0.5, 0.6) is 0 Å². The van der Waals surface area contributed by atoms with Gasteiger partial charge < -0.3 is 15.4 Å². The molecule has 2 bridgehead atoms. The summed E-state index contributed by atoms with van der Waals surface area (Å²) in [5.41, 5.74) is 0. The molecule has 0 aromatic heterocycles. The van der Waals surface area contributed by atoms with Crippen molar-refractivity contribution in [3.63, 3.8) is 0 Å². The van der Waals surface area contributed by atoms with Crippen molar-refractivity contribution >= 4 is 16.0 Å². The molecular weight excluding hydrogens is 268 g/mol. The lowest BCUT2D eigenvalue weighted by molar-refractivity contribution is 0.0992. The van der Waals surface area contributed by atoms with Crippen LogP contribution in [0.1, 0.15) is 19.3 Å². The van der Waals surface area contributed by atoms with Crippen LogP contribution in [0.4, 0.5) is 0 Å². The number of nitrogens with zero attached hydrogens (tertiary/aromatic N) is 1. The van der Waals surface area contributed by atoms with Crippen LogP contribution in [0, 0.1) is 0 Å². The van der Waals surface area contributed by atoms with Gasteiger partial charge in [0.15, 0.2) is 5.96 Å². The third kappa shape index (κ3) is 4.32. The third-order valence-corrected chi connectivity index (χ3v) is 4.16. The Morgan fingerprint density at radius 1 is 1.37 bits per heavy atom. The zero-order valence-corrected chi connectivity index (χ0v) is 12.2. The van der Waals surface area contributed by atoms with Crippen molar-refractivity contribution in [1.29, 1.82) is 0 Å². The molecule has 2 heterocycles. The molecule has 0 aromatic carbocycles. The highest BCUT2D eigenvalue weighted by atomic mass is 32.2. The van der Waals surface area contributed by atoms with Gasteiger partial charge in [0, 0.05) is 20.1 Å². The Morgan fingerprint density at radius 2 is 2.16 bits per heavy atom. The Labute approximate surface area is 114 Å². The number of fused-ring (bicyclic) bond motifs is 2. The van der Waals surface area contributed by atoms with E-state index in [0.29, 0.717) is 31.2 Å². The summed E-state index contributed by atoms with van der Waals surface area (Å²) in [6.07, 6.45) is 5.12. The Hall–Kier alpha value is -0.860. The number of nitrogens with one attached hydrogen (secondary N) is 3. The molecule has 2 rings (SSSR count). The maximum Gasteiger partial charge on any atom is 0.208 e. The van der Waals surface area contributed by atoms with Gasteiger partial charge in [0.1, 0.15) is 0 Å². The molecule has 110 valence electrons. The molecule has 2 fully saturated rings. The molecule has 2 aliphatic heterocycles. The van der Waals surface area contributed by atoms with Crippen molar-refractivity contribution in [3.8, 4) is 0 Å². The van der Waals surface area contributed by atoms with Crippen molar-refractivity contribution < 1.29 is 13.2 Å². The average Bonchev–Trinajstić information content (AvgIpc) is 2.93. The van der Waals surface area contributed by atoms with Crippen LogP contribution >= 0.6 is 0 Å². The predicted molar refractivity (Wildman–Crippen MR) is 73.6 cm³/mol. The SMILES string of the molecule is CN=C(NCCNS(C)(=O)=O)NC1CC2CCC1O2. The Balaban J connectivity index is 1.69. The first-order valence-electron chi connectivity index (χ1n) is 6.55. The largest absolute Gasteiger partial charge is 0.373 e. The topological polar surface area (TPSA) is 91.8 Å². The average molecular weight is 290 g/mol. The zero-order chi connectivity index (χ0) is 13.9. The lowest BCUT2D eigenvalue weighted by Gasteiger charge is -2.22. The third-order valence-electron chi connectivity index (χ3n) is 3.43. The van der Waals surface area contributed by atoms with E-state index in [1.165, 1.54) is 0 Å². The van der Waals surface area contributed by atoms with Gasteiger partial charge in [-0.1, -0.05) is 0 Å². The molecule has 2 aliphatic rings. The summed E-state index contributed by atoms with van der Waals surface area (Å²) in [7, 11) is -1.43. The number of sulfonamides is 1. The summed E-state index contributed by atoms with van der Waals surface area (Å²) in [6, 6.07) is 0.313. The molecule has 0 radical (unpaired) electrons. The Morgan fingerprint density at radius 3 is 2.68 bits per heavy atom. The van der Waals surface area contributed by atoms with E-state index in [-0.39, 0.29) is 6.10 Å². The van der Waals surface area contributed by atoms with Crippen molar-refractivity contribution in [2.24, 2.45) is 4.99 Å². The molecule has 3 atom stereocenters. The normalized spacial score (nSPS) is 30.6. The van der Waals surface area contributed by atoms with Gasteiger partial charge in [-0.25, -0.2) is 13.1 Å². The quantitative estimate of drug-likeness (QED) is 0.344. The number of hydrogen-bond acceptors (Lipinski definition) is 4. The van der Waals surface area contributed by atoms with E-state index in [4.69, 9.17) is 4.74 Å². The van der Waals surface area contributed by atoms with Gasteiger partial charge in [-0.05, 0) is 19.3 Å². The summed E-state index contributed by atoms with van der Waals surface area (Å²) in [5.74, 6) is 0.691. The molecule has 7 nitrogen and oxygen atoms in total. The fraction of sp³-hybridized carbons (Fsp3) is 0.909. The number of rotatable bonds is 5. The van der Waals surface area contributed by atoms with Crippen LogP contribution in [-0.4, -0.2) is 59.0 Å². The van der Waals surface area contributed by atoms with Crippen molar-refractivity contribution in [3.05, 3.63) is 0 Å². The van der Waals surface area contributed by atoms with E-state index in [1.54, 1.807) is 7.05 Å². The maximum absolute atomic E-state index is 10.9. The highest BCUT2D eigenvalue weighted by molar-refractivity contribution is 7.88. The molecule has 3 N–H and O–H groups in total. The molecule has 0 spiro atoms. The van der Waals surface area contributed by atoms with Crippen LogP contribution in [-0.2, 0) is 14.8 Å². The Kier molecular flexibility index (Phi) is 4.64. The van der Waals surface area contributed by atoms with E-state index in [2.05, 4.69) is 20.3 Å². The van der Waals surface area contributed by atoms with Crippen molar-refractivity contribution in [2.45, 2.75) is 37.5 Å². The maximum atomic E-state index is 10.9. The number of aliphatic imine (C=N–C) groups is 1. The summed E-state index contributed by atoms with van der Waals surface area (Å²) < 4.78 is 30.0. The van der Waals surface area contributed by atoms with Gasteiger partial charge >= 0.3 is 0 Å². The second kappa shape index (κ2) is 6.06. The Bertz CT molecular complexity index is 437. The van der Waals surface area contributed by atoms with Crippen LogP contribution in [0.2, 0.25) is 0 Å². The molecule has 2 saturated heterocycles. The number of ether oxygens (including phenoxy) is 1. The standard InChI is InChI=1S/C11H22N4O3S/c1-12-11(13-5-6-14-19(2,16)17)15-9-7-8-3-4-10(9)18-8/h8-10,14H,3-7H2,1-2H3,(H2,12,13,15). The molecule has 0 aliphatic carbocycles. The summed E-state index contributed by atoms with van der Waals surface area (Å²) in [6.45, 7) is 0.834. The summed E-state index contributed by atoms with van der Waals surface area (Å²) in [5, 5.41) is 6.42. The van der Waals surface area contributed by atoms with Gasteiger partial charge in [-0.2, -0.15) is 0 Å². The minimum absolute atomic E-state index is 0.290. The fourth-order valence-corrected chi connectivity index (χ4v) is 3.05. The summed E-state index contributed by atoms with van der Waals surface area (Å²) >= 11 is 0. The van der Waals surface area contributed by atoms with Crippen LogP contribution in [0.25, 0.3) is 0 Å². The molecular formula is C11H22N4O3S. The van der Waals surface area contributed by atoms with Gasteiger partial charge in [-0.3, -0.25) is 4.99 Å². The first-order chi connectivity index (χ1) is 8.98. The minimum atomic E-state index is -3.13. The molecule has 0 aromatic rings. The highest BCUT2D eigenvalue weighted by Crippen LogP contribution is 2.34. The molecule has 0 saturated carbocycles. The van der Waals surface area contributed by atoms with E-state index in [1.807, 2.05) is 0 Å². The van der Waals surface area contributed by atoms with Crippen LogP contribution in [0.15, 0.2) is 4.99 Å². The fourth-order valence-electron chi connectivity index (χ4n) is 2.58. The lowest BCUT2D eigenvalue weighted by Crippen LogP contribution is -2.48. The predicted octanol–water partition coefficient (Wildman–Crippen LogP) is -0.979. The van der Waals surface area contributed by atoms with E-state index in [0.717, 1.165) is 25.5 Å². The van der Waals surface area contributed by atoms with Gasteiger partial charge in [-0.15, -0.1) is 0 Å². The second-order valence-electron chi connectivity index (χ2n) is 5.03. The zero-order valence-electron chi connectivity index (χ0n) is 11.3. The minimum Gasteiger partial charge on any atom is -0.373 e. The molecule has 3 unspecified atom stereocenters. The van der Waals surface area contributed by atoms with Gasteiger partial charge in [0.2, 0.25) is 10.0 Å². The smallest absolute Gasteiger partial charge is 0.208 e. The van der Waals surface area contributed by atoms with Crippen molar-refractivity contribution in [1.82, 2.24) is 15.4 Å².